The zero-order valence-corrected chi connectivity index (χ0v) is 14.0. The Hall–Kier alpha value is -2.42. The van der Waals surface area contributed by atoms with Crippen LogP contribution in [0.1, 0.15) is 30.0 Å². The maximum Gasteiger partial charge on any atom is 0.508 e. The van der Waals surface area contributed by atoms with Crippen molar-refractivity contribution in [2.75, 3.05) is 5.32 Å². The van der Waals surface area contributed by atoms with Crippen LogP contribution in [0.15, 0.2) is 30.6 Å². The minimum Gasteiger partial charge on any atom is -0.422 e. The first-order valence-electron chi connectivity index (χ1n) is 8.37. The summed E-state index contributed by atoms with van der Waals surface area (Å²) in [5, 5.41) is 22.4. The number of fused-ring (bicyclic) bond motifs is 1. The van der Waals surface area contributed by atoms with Gasteiger partial charge in [-0.1, -0.05) is 6.07 Å². The lowest BCUT2D eigenvalue weighted by atomic mass is 9.85. The van der Waals surface area contributed by atoms with Crippen LogP contribution in [0, 0.1) is 6.92 Å². The number of aromatic nitrogens is 3. The van der Waals surface area contributed by atoms with Crippen molar-refractivity contribution in [2.24, 2.45) is 5.73 Å². The highest BCUT2D eigenvalue weighted by Gasteiger charge is 2.27. The molecule has 8 heteroatoms. The Morgan fingerprint density at radius 3 is 2.80 bits per heavy atom. The Kier molecular flexibility index (Phi) is 3.95. The number of hydrogen-bond acceptors (Lipinski definition) is 6. The minimum absolute atomic E-state index is 0.169. The van der Waals surface area contributed by atoms with Crippen LogP contribution in [0.2, 0.25) is 0 Å². The topological polar surface area (TPSA) is 109 Å². The van der Waals surface area contributed by atoms with Gasteiger partial charge < -0.3 is 25.7 Å². The summed E-state index contributed by atoms with van der Waals surface area (Å²) in [6.45, 7) is 2.48. The van der Waals surface area contributed by atoms with E-state index in [4.69, 9.17) is 5.73 Å². The van der Waals surface area contributed by atoms with Gasteiger partial charge in [-0.15, -0.1) is 0 Å². The Morgan fingerprint density at radius 2 is 2.12 bits per heavy atom. The Bertz CT molecular complexity index is 936. The van der Waals surface area contributed by atoms with E-state index in [1.165, 1.54) is 0 Å². The van der Waals surface area contributed by atoms with Crippen LogP contribution in [-0.4, -0.2) is 31.7 Å². The number of pyridine rings is 1. The van der Waals surface area contributed by atoms with E-state index in [0.29, 0.717) is 23.9 Å². The molecule has 5 N–H and O–H groups in total. The van der Waals surface area contributed by atoms with Crippen LogP contribution >= 0.6 is 0 Å². The first-order valence-corrected chi connectivity index (χ1v) is 8.37. The predicted octanol–water partition coefficient (Wildman–Crippen LogP) is 0.957. The molecule has 3 aromatic rings. The summed E-state index contributed by atoms with van der Waals surface area (Å²) < 4.78 is 2.11. The quantitative estimate of drug-likeness (QED) is 0.516. The lowest BCUT2D eigenvalue weighted by Gasteiger charge is -2.13. The summed E-state index contributed by atoms with van der Waals surface area (Å²) in [6.07, 6.45) is 4.04. The van der Waals surface area contributed by atoms with Gasteiger partial charge in [0.25, 0.3) is 0 Å². The van der Waals surface area contributed by atoms with Gasteiger partial charge in [0.05, 0.1) is 17.4 Å². The van der Waals surface area contributed by atoms with Crippen LogP contribution in [0.5, 0.6) is 0 Å². The number of imidazole rings is 1. The molecule has 1 aliphatic rings. The maximum atomic E-state index is 9.53. The van der Waals surface area contributed by atoms with Gasteiger partial charge in [-0.2, -0.15) is 0 Å². The Labute approximate surface area is 145 Å². The van der Waals surface area contributed by atoms with Crippen molar-refractivity contribution in [3.63, 3.8) is 0 Å². The summed E-state index contributed by atoms with van der Waals surface area (Å²) in [4.78, 5) is 8.83. The summed E-state index contributed by atoms with van der Waals surface area (Å²) in [7, 11) is -1.64. The largest absolute Gasteiger partial charge is 0.508 e. The van der Waals surface area contributed by atoms with Crippen molar-refractivity contribution in [3.8, 4) is 0 Å². The van der Waals surface area contributed by atoms with Crippen LogP contribution in [0.25, 0.3) is 11.0 Å². The van der Waals surface area contributed by atoms with Gasteiger partial charge in [0.2, 0.25) is 0 Å². The molecule has 0 spiro atoms. The number of nitrogens with zero attached hydrogens (tertiary/aromatic N) is 3. The molecule has 25 heavy (non-hydrogen) atoms. The molecule has 128 valence electrons. The van der Waals surface area contributed by atoms with Gasteiger partial charge in [-0.05, 0) is 49.1 Å². The van der Waals surface area contributed by atoms with Crippen molar-refractivity contribution in [3.05, 3.63) is 41.7 Å². The first-order chi connectivity index (χ1) is 12.1. The van der Waals surface area contributed by atoms with Crippen LogP contribution < -0.4 is 16.6 Å². The van der Waals surface area contributed by atoms with Gasteiger partial charge in [0.1, 0.15) is 5.52 Å². The number of anilines is 2. The van der Waals surface area contributed by atoms with Crippen LogP contribution in [0.4, 0.5) is 11.5 Å². The third kappa shape index (κ3) is 2.99. The van der Waals surface area contributed by atoms with Crippen LogP contribution in [-0.2, 0) is 6.54 Å². The number of hydrogen-bond donors (Lipinski definition) is 4. The molecule has 0 unspecified atom stereocenters. The molecule has 0 saturated heterocycles. The average Bonchev–Trinajstić information content (AvgIpc) is 3.35. The number of benzene rings is 1. The Balaban J connectivity index is 1.82. The lowest BCUT2D eigenvalue weighted by molar-refractivity contribution is 0.424. The van der Waals surface area contributed by atoms with E-state index in [9.17, 15) is 10.0 Å². The monoisotopic (exact) mass is 337 g/mol. The molecule has 1 aromatic carbocycles. The summed E-state index contributed by atoms with van der Waals surface area (Å²) in [5.41, 5.74) is 10.6. The molecule has 0 aliphatic heterocycles. The molecule has 2 aromatic heterocycles. The molecule has 0 radical (unpaired) electrons. The van der Waals surface area contributed by atoms with Crippen LogP contribution in [0.3, 0.4) is 0 Å². The van der Waals surface area contributed by atoms with Crippen molar-refractivity contribution in [1.29, 1.82) is 0 Å². The predicted molar refractivity (Wildman–Crippen MR) is 98.0 cm³/mol. The van der Waals surface area contributed by atoms with E-state index < -0.39 is 7.12 Å². The summed E-state index contributed by atoms with van der Waals surface area (Å²) in [5.74, 6) is 0.567. The number of rotatable bonds is 5. The highest BCUT2D eigenvalue weighted by molar-refractivity contribution is 6.57. The highest BCUT2D eigenvalue weighted by atomic mass is 16.4. The Morgan fingerprint density at radius 1 is 1.32 bits per heavy atom. The summed E-state index contributed by atoms with van der Waals surface area (Å²) >= 11 is 0. The molecular formula is C17H20BN5O2. The number of aryl methyl sites for hydroxylation is 1. The van der Waals surface area contributed by atoms with E-state index in [2.05, 4.69) is 19.9 Å². The van der Waals surface area contributed by atoms with E-state index in [0.717, 1.165) is 35.2 Å². The zero-order valence-electron chi connectivity index (χ0n) is 14.0. The molecule has 0 amide bonds. The fourth-order valence-corrected chi connectivity index (χ4v) is 3.03. The SMILES string of the molecule is Cc1ccc(Nc2nc(B(O)O)cc3ncn(C4CC4)c23)cc1CN. The van der Waals surface area contributed by atoms with Gasteiger partial charge in [0.15, 0.2) is 5.82 Å². The van der Waals surface area contributed by atoms with Crippen molar-refractivity contribution in [2.45, 2.75) is 32.4 Å². The normalized spacial score (nSPS) is 14.1. The van der Waals surface area contributed by atoms with Crippen molar-refractivity contribution >= 4 is 35.3 Å². The van der Waals surface area contributed by atoms with Gasteiger partial charge in [-0.3, -0.25) is 0 Å². The van der Waals surface area contributed by atoms with Crippen molar-refractivity contribution < 1.29 is 10.0 Å². The molecule has 4 rings (SSSR count). The number of nitrogens with one attached hydrogen (secondary N) is 1. The maximum absolute atomic E-state index is 9.53. The molecule has 0 bridgehead atoms. The zero-order chi connectivity index (χ0) is 17.6. The fraction of sp³-hybridized carbons (Fsp3) is 0.294. The van der Waals surface area contributed by atoms with E-state index >= 15 is 0 Å². The van der Waals surface area contributed by atoms with E-state index in [1.807, 2.05) is 25.1 Å². The van der Waals surface area contributed by atoms with Crippen molar-refractivity contribution in [1.82, 2.24) is 14.5 Å². The molecular weight excluding hydrogens is 317 g/mol. The third-order valence-electron chi connectivity index (χ3n) is 4.61. The molecule has 1 aliphatic carbocycles. The molecule has 0 atom stereocenters. The molecule has 7 nitrogen and oxygen atoms in total. The average molecular weight is 337 g/mol. The standard InChI is InChI=1S/C17H20BN5O2/c1-10-2-3-12(6-11(10)8-19)21-17-16-14(7-15(22-17)18(24)25)20-9-23(16)13-4-5-13/h2-3,6-7,9,13,24-25H,4-5,8,19H2,1H3,(H,21,22). The highest BCUT2D eigenvalue weighted by Crippen LogP contribution is 2.38. The smallest absolute Gasteiger partial charge is 0.422 e. The van der Waals surface area contributed by atoms with E-state index in [1.54, 1.807) is 12.4 Å². The second kappa shape index (κ2) is 6.14. The first kappa shape index (κ1) is 16.1. The second-order valence-electron chi connectivity index (χ2n) is 6.49. The third-order valence-corrected chi connectivity index (χ3v) is 4.61. The minimum atomic E-state index is -1.64. The number of nitrogens with two attached hydrogens (primary N) is 1. The van der Waals surface area contributed by atoms with Gasteiger partial charge in [0, 0.05) is 18.3 Å². The van der Waals surface area contributed by atoms with Gasteiger partial charge >= 0.3 is 7.12 Å². The molecule has 1 saturated carbocycles. The second-order valence-corrected chi connectivity index (χ2v) is 6.49. The van der Waals surface area contributed by atoms with Gasteiger partial charge in [-0.25, -0.2) is 9.97 Å². The van der Waals surface area contributed by atoms with E-state index in [-0.39, 0.29) is 5.59 Å². The molecule has 2 heterocycles. The molecule has 1 fully saturated rings. The summed E-state index contributed by atoms with van der Waals surface area (Å²) in [6, 6.07) is 8.01. The lowest BCUT2D eigenvalue weighted by Crippen LogP contribution is -2.33. The fourth-order valence-electron chi connectivity index (χ4n) is 3.03.